The van der Waals surface area contributed by atoms with Gasteiger partial charge in [-0.15, -0.1) is 0 Å². The van der Waals surface area contributed by atoms with Crippen molar-refractivity contribution in [2.24, 2.45) is 0 Å². The van der Waals surface area contributed by atoms with Crippen LogP contribution in [0.25, 0.3) is 16.9 Å². The molecule has 1 saturated heterocycles. The molecule has 0 bridgehead atoms. The smallest absolute Gasteiger partial charge is 0.137 e. The van der Waals surface area contributed by atoms with Gasteiger partial charge in [-0.05, 0) is 24.6 Å². The van der Waals surface area contributed by atoms with E-state index in [0.717, 1.165) is 44.1 Å². The molecule has 1 aliphatic rings. The molecular weight excluding hydrogens is 284 g/mol. The van der Waals surface area contributed by atoms with Gasteiger partial charge < -0.3 is 9.72 Å². The van der Waals surface area contributed by atoms with Gasteiger partial charge in [0.25, 0.3) is 0 Å². The minimum absolute atomic E-state index is 1.00. The number of aromatic nitrogens is 2. The summed E-state index contributed by atoms with van der Waals surface area (Å²) in [6.45, 7) is 7.52. The maximum absolute atomic E-state index is 4.80. The fraction of sp³-hybridized carbons (Fsp3) is 0.316. The number of hydrogen-bond acceptors (Lipinski definition) is 3. The van der Waals surface area contributed by atoms with E-state index in [1.807, 2.05) is 0 Å². The second kappa shape index (κ2) is 6.14. The number of nitrogens with one attached hydrogen (secondary N) is 1. The zero-order valence-corrected chi connectivity index (χ0v) is 13.5. The molecule has 0 radical (unpaired) electrons. The maximum atomic E-state index is 4.80. The average Bonchev–Trinajstić information content (AvgIpc) is 3.00. The molecule has 1 aliphatic heterocycles. The molecule has 2 aromatic heterocycles. The average molecular weight is 306 g/mol. The van der Waals surface area contributed by atoms with Gasteiger partial charge in [0.1, 0.15) is 5.65 Å². The molecule has 3 aromatic rings. The number of fused-ring (bicyclic) bond motifs is 1. The second-order valence-electron chi connectivity index (χ2n) is 6.32. The lowest BCUT2D eigenvalue weighted by molar-refractivity contribution is 0.233. The summed E-state index contributed by atoms with van der Waals surface area (Å²) in [5.41, 5.74) is 5.83. The van der Waals surface area contributed by atoms with E-state index in [1.54, 1.807) is 0 Å². The Morgan fingerprint density at radius 3 is 2.65 bits per heavy atom. The van der Waals surface area contributed by atoms with Crippen LogP contribution in [-0.4, -0.2) is 40.5 Å². The van der Waals surface area contributed by atoms with Crippen molar-refractivity contribution in [3.05, 3.63) is 59.9 Å². The highest BCUT2D eigenvalue weighted by Crippen LogP contribution is 2.20. The van der Waals surface area contributed by atoms with Crippen molar-refractivity contribution in [3.8, 4) is 11.3 Å². The summed E-state index contributed by atoms with van der Waals surface area (Å²) < 4.78 is 2.11. The molecule has 23 heavy (non-hydrogen) atoms. The molecule has 0 aliphatic carbocycles. The van der Waals surface area contributed by atoms with Gasteiger partial charge in [0.05, 0.1) is 5.69 Å². The highest BCUT2D eigenvalue weighted by atomic mass is 15.2. The van der Waals surface area contributed by atoms with E-state index in [-0.39, 0.29) is 0 Å². The minimum Gasteiger partial charge on any atom is -0.314 e. The summed E-state index contributed by atoms with van der Waals surface area (Å²) in [6.07, 6.45) is 4.23. The third kappa shape index (κ3) is 3.14. The first-order valence-electron chi connectivity index (χ1n) is 8.26. The predicted octanol–water partition coefficient (Wildman–Crippen LogP) is 2.71. The lowest BCUT2D eigenvalue weighted by Crippen LogP contribution is -2.42. The van der Waals surface area contributed by atoms with Crippen molar-refractivity contribution in [2.75, 3.05) is 26.2 Å². The van der Waals surface area contributed by atoms with Gasteiger partial charge in [-0.2, -0.15) is 0 Å². The van der Waals surface area contributed by atoms with Crippen LogP contribution in [0.3, 0.4) is 0 Å². The van der Waals surface area contributed by atoms with E-state index >= 15 is 0 Å². The Balaban J connectivity index is 1.60. The molecule has 3 heterocycles. The largest absolute Gasteiger partial charge is 0.314 e. The van der Waals surface area contributed by atoms with Crippen molar-refractivity contribution < 1.29 is 0 Å². The second-order valence-corrected chi connectivity index (χ2v) is 6.32. The molecule has 4 rings (SSSR count). The zero-order valence-electron chi connectivity index (χ0n) is 13.5. The number of nitrogens with zero attached hydrogens (tertiary/aromatic N) is 3. The monoisotopic (exact) mass is 306 g/mol. The number of benzene rings is 1. The van der Waals surface area contributed by atoms with E-state index < -0.39 is 0 Å². The van der Waals surface area contributed by atoms with Crippen molar-refractivity contribution in [1.29, 1.82) is 0 Å². The van der Waals surface area contributed by atoms with Crippen LogP contribution in [0.15, 0.2) is 48.8 Å². The van der Waals surface area contributed by atoms with Gasteiger partial charge in [0.2, 0.25) is 0 Å². The van der Waals surface area contributed by atoms with Crippen molar-refractivity contribution in [1.82, 2.24) is 19.6 Å². The quantitative estimate of drug-likeness (QED) is 0.807. The van der Waals surface area contributed by atoms with E-state index in [2.05, 4.69) is 70.3 Å². The third-order valence-electron chi connectivity index (χ3n) is 4.49. The maximum Gasteiger partial charge on any atom is 0.137 e. The molecule has 0 atom stereocenters. The minimum atomic E-state index is 1.00. The van der Waals surface area contributed by atoms with Crippen LogP contribution < -0.4 is 5.32 Å². The van der Waals surface area contributed by atoms with Gasteiger partial charge in [-0.25, -0.2) is 4.98 Å². The molecule has 1 fully saturated rings. The van der Waals surface area contributed by atoms with Crippen LogP contribution in [0.2, 0.25) is 0 Å². The van der Waals surface area contributed by atoms with Crippen LogP contribution in [0, 0.1) is 6.92 Å². The number of rotatable bonds is 3. The summed E-state index contributed by atoms with van der Waals surface area (Å²) in [4.78, 5) is 7.29. The van der Waals surface area contributed by atoms with E-state index in [1.165, 1.54) is 16.7 Å². The fourth-order valence-corrected chi connectivity index (χ4v) is 3.11. The zero-order chi connectivity index (χ0) is 15.6. The van der Waals surface area contributed by atoms with Crippen molar-refractivity contribution >= 4 is 5.65 Å². The molecule has 0 unspecified atom stereocenters. The molecule has 0 saturated carbocycles. The standard InChI is InChI=1S/C19H22N4/c1-15-2-4-17(5-3-15)18-14-23-9-6-16(12-19(23)21-18)13-22-10-7-20-8-11-22/h2-6,9,12,14,20H,7-8,10-11,13H2,1H3. The van der Waals surface area contributed by atoms with Crippen LogP contribution in [0.1, 0.15) is 11.1 Å². The Bertz CT molecular complexity index is 798. The molecular formula is C19H22N4. The number of pyridine rings is 1. The Kier molecular flexibility index (Phi) is 3.85. The van der Waals surface area contributed by atoms with Crippen LogP contribution >= 0.6 is 0 Å². The summed E-state index contributed by atoms with van der Waals surface area (Å²) in [5.74, 6) is 0. The Labute approximate surface area is 136 Å². The first-order valence-corrected chi connectivity index (χ1v) is 8.26. The summed E-state index contributed by atoms with van der Waals surface area (Å²) in [5, 5.41) is 3.40. The number of imidazole rings is 1. The normalized spacial score (nSPS) is 16.0. The summed E-state index contributed by atoms with van der Waals surface area (Å²) in [6, 6.07) is 13.0. The van der Waals surface area contributed by atoms with Crippen molar-refractivity contribution in [3.63, 3.8) is 0 Å². The van der Waals surface area contributed by atoms with E-state index in [0.29, 0.717) is 0 Å². The molecule has 118 valence electrons. The van der Waals surface area contributed by atoms with Crippen LogP contribution in [-0.2, 0) is 6.54 Å². The lowest BCUT2D eigenvalue weighted by Gasteiger charge is -2.27. The van der Waals surface area contributed by atoms with Gasteiger partial charge in [-0.1, -0.05) is 29.8 Å². The first-order chi connectivity index (χ1) is 11.3. The van der Waals surface area contributed by atoms with Gasteiger partial charge in [0, 0.05) is 50.7 Å². The van der Waals surface area contributed by atoms with Crippen LogP contribution in [0.5, 0.6) is 0 Å². The summed E-state index contributed by atoms with van der Waals surface area (Å²) in [7, 11) is 0. The Morgan fingerprint density at radius 2 is 1.87 bits per heavy atom. The van der Waals surface area contributed by atoms with E-state index in [9.17, 15) is 0 Å². The van der Waals surface area contributed by atoms with E-state index in [4.69, 9.17) is 4.98 Å². The van der Waals surface area contributed by atoms with Gasteiger partial charge in [0.15, 0.2) is 0 Å². The number of piperazine rings is 1. The topological polar surface area (TPSA) is 32.6 Å². The van der Waals surface area contributed by atoms with Crippen LogP contribution in [0.4, 0.5) is 0 Å². The molecule has 4 heteroatoms. The molecule has 1 N–H and O–H groups in total. The molecule has 1 aromatic carbocycles. The lowest BCUT2D eigenvalue weighted by atomic mass is 10.1. The SMILES string of the molecule is Cc1ccc(-c2cn3ccc(CN4CCNCC4)cc3n2)cc1. The highest BCUT2D eigenvalue weighted by molar-refractivity contribution is 5.63. The Hall–Kier alpha value is -2.17. The number of hydrogen-bond donors (Lipinski definition) is 1. The van der Waals surface area contributed by atoms with Gasteiger partial charge in [-0.3, -0.25) is 4.90 Å². The molecule has 0 amide bonds. The highest BCUT2D eigenvalue weighted by Gasteiger charge is 2.11. The molecule has 4 nitrogen and oxygen atoms in total. The Morgan fingerprint density at radius 1 is 1.09 bits per heavy atom. The third-order valence-corrected chi connectivity index (χ3v) is 4.49. The van der Waals surface area contributed by atoms with Crippen molar-refractivity contribution in [2.45, 2.75) is 13.5 Å². The van der Waals surface area contributed by atoms with Gasteiger partial charge >= 0.3 is 0 Å². The predicted molar refractivity (Wildman–Crippen MR) is 93.5 cm³/mol. The molecule has 0 spiro atoms. The fourth-order valence-electron chi connectivity index (χ4n) is 3.11. The summed E-state index contributed by atoms with van der Waals surface area (Å²) >= 11 is 0. The number of aryl methyl sites for hydroxylation is 1. The first kappa shape index (κ1) is 14.4.